The fourth-order valence-corrected chi connectivity index (χ4v) is 1.77. The number of nitrogens with two attached hydrogens (primary N) is 1. The Morgan fingerprint density at radius 3 is 2.88 bits per heavy atom. The Bertz CT molecular complexity index is 486. The van der Waals surface area contributed by atoms with Gasteiger partial charge in [0.1, 0.15) is 0 Å². The van der Waals surface area contributed by atoms with Crippen molar-refractivity contribution >= 4 is 0 Å². The van der Waals surface area contributed by atoms with Gasteiger partial charge in [0.05, 0.1) is 12.0 Å². The molecule has 1 heterocycles. The molecule has 1 aromatic carbocycles. The van der Waals surface area contributed by atoms with Gasteiger partial charge in [-0.05, 0) is 37.6 Å². The molecule has 2 N–H and O–H groups in total. The molecule has 0 aliphatic carbocycles. The van der Waals surface area contributed by atoms with Crippen molar-refractivity contribution < 1.29 is 0 Å². The highest BCUT2D eigenvalue weighted by Gasteiger charge is 2.03. The summed E-state index contributed by atoms with van der Waals surface area (Å²) in [5.74, 6) is 0. The summed E-state index contributed by atoms with van der Waals surface area (Å²) in [7, 11) is 0. The number of nitrogens with zero attached hydrogens (tertiary/aromatic N) is 2. The van der Waals surface area contributed by atoms with Crippen molar-refractivity contribution in [3.8, 4) is 5.69 Å². The molecule has 0 amide bonds. The van der Waals surface area contributed by atoms with Crippen LogP contribution < -0.4 is 5.73 Å². The Kier molecular flexibility index (Phi) is 3.06. The Hall–Kier alpha value is -1.61. The van der Waals surface area contributed by atoms with E-state index in [4.69, 9.17) is 5.73 Å². The molecule has 0 unspecified atom stereocenters. The lowest BCUT2D eigenvalue weighted by Crippen LogP contribution is -2.02. The minimum atomic E-state index is 0.643. The summed E-state index contributed by atoms with van der Waals surface area (Å²) in [6, 6.07) is 6.42. The van der Waals surface area contributed by atoms with Crippen LogP contribution in [-0.4, -0.2) is 16.1 Å². The summed E-state index contributed by atoms with van der Waals surface area (Å²) >= 11 is 0. The van der Waals surface area contributed by atoms with E-state index in [0.717, 1.165) is 12.1 Å². The first-order valence-corrected chi connectivity index (χ1v) is 5.51. The molecule has 0 saturated heterocycles. The number of hydrogen-bond donors (Lipinski definition) is 1. The molecule has 0 spiro atoms. The maximum Gasteiger partial charge on any atom is 0.0995 e. The first-order valence-electron chi connectivity index (χ1n) is 5.51. The highest BCUT2D eigenvalue weighted by Crippen LogP contribution is 2.16. The first kappa shape index (κ1) is 10.9. The maximum absolute atomic E-state index is 5.51. The molecule has 0 radical (unpaired) electrons. The Morgan fingerprint density at radius 1 is 1.31 bits per heavy atom. The van der Waals surface area contributed by atoms with E-state index in [0.29, 0.717) is 6.54 Å². The van der Waals surface area contributed by atoms with E-state index in [9.17, 15) is 0 Å². The summed E-state index contributed by atoms with van der Waals surface area (Å²) in [4.78, 5) is 4.34. The Balaban J connectivity index is 2.38. The highest BCUT2D eigenvalue weighted by molar-refractivity contribution is 5.43. The number of aryl methyl sites for hydroxylation is 2. The molecule has 1 aromatic heterocycles. The number of rotatable bonds is 3. The van der Waals surface area contributed by atoms with Gasteiger partial charge in [-0.3, -0.25) is 0 Å². The van der Waals surface area contributed by atoms with Gasteiger partial charge in [0.25, 0.3) is 0 Å². The lowest BCUT2D eigenvalue weighted by atomic mass is 10.1. The van der Waals surface area contributed by atoms with Gasteiger partial charge in [-0.25, -0.2) is 4.98 Å². The largest absolute Gasteiger partial charge is 0.330 e. The lowest BCUT2D eigenvalue weighted by Gasteiger charge is -2.07. The van der Waals surface area contributed by atoms with Crippen LogP contribution in [0.25, 0.3) is 5.69 Å². The van der Waals surface area contributed by atoms with Crippen LogP contribution in [0, 0.1) is 13.8 Å². The number of aromatic nitrogens is 2. The van der Waals surface area contributed by atoms with E-state index in [1.807, 2.05) is 6.33 Å². The van der Waals surface area contributed by atoms with Crippen molar-refractivity contribution in [3.05, 3.63) is 47.5 Å². The molecule has 3 heteroatoms. The molecule has 84 valence electrons. The minimum absolute atomic E-state index is 0.643. The zero-order chi connectivity index (χ0) is 11.5. The van der Waals surface area contributed by atoms with E-state index >= 15 is 0 Å². The second-order valence-electron chi connectivity index (χ2n) is 4.10. The van der Waals surface area contributed by atoms with Crippen LogP contribution in [-0.2, 0) is 6.42 Å². The van der Waals surface area contributed by atoms with Crippen molar-refractivity contribution in [2.45, 2.75) is 20.3 Å². The van der Waals surface area contributed by atoms with E-state index in [1.165, 1.54) is 16.8 Å². The maximum atomic E-state index is 5.51. The zero-order valence-electron chi connectivity index (χ0n) is 9.77. The molecule has 2 aromatic rings. The molecule has 0 aliphatic heterocycles. The van der Waals surface area contributed by atoms with Gasteiger partial charge in [0.2, 0.25) is 0 Å². The number of imidazole rings is 1. The van der Waals surface area contributed by atoms with Gasteiger partial charge in [0, 0.05) is 18.3 Å². The molecule has 0 aliphatic rings. The quantitative estimate of drug-likeness (QED) is 0.851. The van der Waals surface area contributed by atoms with Crippen molar-refractivity contribution in [1.82, 2.24) is 9.55 Å². The Morgan fingerprint density at radius 2 is 2.12 bits per heavy atom. The molecule has 16 heavy (non-hydrogen) atoms. The fourth-order valence-electron chi connectivity index (χ4n) is 1.77. The predicted molar refractivity (Wildman–Crippen MR) is 65.8 cm³/mol. The summed E-state index contributed by atoms with van der Waals surface area (Å²) in [5.41, 5.74) is 10.3. The molecule has 2 rings (SSSR count). The van der Waals surface area contributed by atoms with E-state index < -0.39 is 0 Å². The number of benzene rings is 1. The average molecular weight is 215 g/mol. The highest BCUT2D eigenvalue weighted by atomic mass is 15.0. The van der Waals surface area contributed by atoms with Gasteiger partial charge >= 0.3 is 0 Å². The Labute approximate surface area is 95.9 Å². The van der Waals surface area contributed by atoms with Gasteiger partial charge < -0.3 is 10.3 Å². The van der Waals surface area contributed by atoms with E-state index in [-0.39, 0.29) is 0 Å². The van der Waals surface area contributed by atoms with Crippen LogP contribution in [0.4, 0.5) is 0 Å². The first-order chi connectivity index (χ1) is 7.70. The fraction of sp³-hybridized carbons (Fsp3) is 0.308. The van der Waals surface area contributed by atoms with Gasteiger partial charge in [0.15, 0.2) is 0 Å². The molecule has 0 bridgehead atoms. The standard InChI is InChI=1S/C13H17N3/c1-10-3-4-11(2)13(7-10)16-8-12(5-6-14)15-9-16/h3-4,7-9H,5-6,14H2,1-2H3. The summed E-state index contributed by atoms with van der Waals surface area (Å²) < 4.78 is 2.06. The van der Waals surface area contributed by atoms with E-state index in [1.54, 1.807) is 0 Å². The van der Waals surface area contributed by atoms with Crippen LogP contribution in [0.1, 0.15) is 16.8 Å². The molecular weight excluding hydrogens is 198 g/mol. The summed E-state index contributed by atoms with van der Waals surface area (Å²) in [6.07, 6.45) is 4.74. The SMILES string of the molecule is Cc1ccc(C)c(-n2cnc(CCN)c2)c1. The minimum Gasteiger partial charge on any atom is -0.330 e. The molecule has 0 atom stereocenters. The third-order valence-electron chi connectivity index (χ3n) is 2.68. The van der Waals surface area contributed by atoms with Gasteiger partial charge in [-0.15, -0.1) is 0 Å². The molecule has 3 nitrogen and oxygen atoms in total. The molecular formula is C13H17N3. The van der Waals surface area contributed by atoms with E-state index in [2.05, 4.69) is 47.8 Å². The van der Waals surface area contributed by atoms with Crippen LogP contribution in [0.5, 0.6) is 0 Å². The smallest absolute Gasteiger partial charge is 0.0995 e. The van der Waals surface area contributed by atoms with Crippen LogP contribution >= 0.6 is 0 Å². The van der Waals surface area contributed by atoms with Crippen molar-refractivity contribution in [3.63, 3.8) is 0 Å². The van der Waals surface area contributed by atoms with Crippen molar-refractivity contribution in [1.29, 1.82) is 0 Å². The monoisotopic (exact) mass is 215 g/mol. The molecule has 0 saturated carbocycles. The van der Waals surface area contributed by atoms with Crippen molar-refractivity contribution in [2.24, 2.45) is 5.73 Å². The lowest BCUT2D eigenvalue weighted by molar-refractivity contribution is 0.934. The predicted octanol–water partition coefficient (Wildman–Crippen LogP) is 1.99. The van der Waals surface area contributed by atoms with Crippen LogP contribution in [0.3, 0.4) is 0 Å². The van der Waals surface area contributed by atoms with Crippen molar-refractivity contribution in [2.75, 3.05) is 6.54 Å². The summed E-state index contributed by atoms with van der Waals surface area (Å²) in [5, 5.41) is 0. The molecule has 0 fully saturated rings. The summed E-state index contributed by atoms with van der Waals surface area (Å²) in [6.45, 7) is 4.85. The second kappa shape index (κ2) is 4.49. The average Bonchev–Trinajstić information content (AvgIpc) is 2.71. The zero-order valence-corrected chi connectivity index (χ0v) is 9.77. The van der Waals surface area contributed by atoms with Crippen LogP contribution in [0.15, 0.2) is 30.7 Å². The topological polar surface area (TPSA) is 43.8 Å². The third kappa shape index (κ3) is 2.14. The second-order valence-corrected chi connectivity index (χ2v) is 4.10. The van der Waals surface area contributed by atoms with Crippen LogP contribution in [0.2, 0.25) is 0 Å². The normalized spacial score (nSPS) is 10.7. The van der Waals surface area contributed by atoms with Gasteiger partial charge in [-0.2, -0.15) is 0 Å². The third-order valence-corrected chi connectivity index (χ3v) is 2.68. The number of hydrogen-bond acceptors (Lipinski definition) is 2. The van der Waals surface area contributed by atoms with Gasteiger partial charge in [-0.1, -0.05) is 12.1 Å².